The van der Waals surface area contributed by atoms with Gasteiger partial charge in [0.15, 0.2) is 0 Å². The summed E-state index contributed by atoms with van der Waals surface area (Å²) in [7, 11) is 0. The van der Waals surface area contributed by atoms with Gasteiger partial charge in [0.25, 0.3) is 5.69 Å². The third-order valence-electron chi connectivity index (χ3n) is 3.56. The fourth-order valence-electron chi connectivity index (χ4n) is 1.52. The standard InChI is InChI=1S/C13H16ClF3N2O3/c1-11(2,12(3,4)20)18-9-6-8(14)7(13(15,16)17)5-10(9)19(21)22/h5-6,18,20H,1-4H3. The lowest BCUT2D eigenvalue weighted by Gasteiger charge is -2.38. The maximum absolute atomic E-state index is 12.8. The second kappa shape index (κ2) is 5.58. The first kappa shape index (κ1) is 18.5. The van der Waals surface area contributed by atoms with Gasteiger partial charge in [-0.2, -0.15) is 13.2 Å². The molecule has 0 unspecified atom stereocenters. The Morgan fingerprint density at radius 2 is 1.73 bits per heavy atom. The van der Waals surface area contributed by atoms with Gasteiger partial charge in [0.2, 0.25) is 0 Å². The highest BCUT2D eigenvalue weighted by atomic mass is 35.5. The largest absolute Gasteiger partial charge is 0.418 e. The minimum absolute atomic E-state index is 0.199. The molecule has 0 aliphatic carbocycles. The van der Waals surface area contributed by atoms with Crippen LogP contribution < -0.4 is 5.32 Å². The lowest BCUT2D eigenvalue weighted by Crippen LogP contribution is -2.51. The molecule has 5 nitrogen and oxygen atoms in total. The number of nitrogens with one attached hydrogen (secondary N) is 1. The first-order valence-electron chi connectivity index (χ1n) is 6.22. The van der Waals surface area contributed by atoms with Crippen LogP contribution in [0.15, 0.2) is 12.1 Å². The first-order valence-corrected chi connectivity index (χ1v) is 6.60. The van der Waals surface area contributed by atoms with Gasteiger partial charge >= 0.3 is 6.18 Å². The number of nitrogens with zero attached hydrogens (tertiary/aromatic N) is 1. The van der Waals surface area contributed by atoms with Gasteiger partial charge in [0, 0.05) is 6.07 Å². The maximum atomic E-state index is 12.8. The lowest BCUT2D eigenvalue weighted by atomic mass is 9.85. The molecule has 0 aliphatic heterocycles. The van der Waals surface area contributed by atoms with E-state index in [-0.39, 0.29) is 5.69 Å². The fourth-order valence-corrected chi connectivity index (χ4v) is 1.79. The van der Waals surface area contributed by atoms with Crippen molar-refractivity contribution >= 4 is 23.0 Å². The van der Waals surface area contributed by atoms with Gasteiger partial charge in [-0.1, -0.05) is 11.6 Å². The highest BCUT2D eigenvalue weighted by Gasteiger charge is 2.39. The Morgan fingerprint density at radius 3 is 2.09 bits per heavy atom. The van der Waals surface area contributed by atoms with E-state index in [1.54, 1.807) is 13.8 Å². The van der Waals surface area contributed by atoms with Crippen LogP contribution in [-0.2, 0) is 6.18 Å². The highest BCUT2D eigenvalue weighted by molar-refractivity contribution is 6.31. The second-order valence-corrected chi connectivity index (χ2v) is 6.32. The summed E-state index contributed by atoms with van der Waals surface area (Å²) in [5.41, 5.74) is -4.60. The molecule has 1 aromatic carbocycles. The smallest absolute Gasteiger partial charge is 0.388 e. The summed E-state index contributed by atoms with van der Waals surface area (Å²) in [6.07, 6.45) is -4.80. The van der Waals surface area contributed by atoms with Crippen molar-refractivity contribution in [3.63, 3.8) is 0 Å². The van der Waals surface area contributed by atoms with Crippen LogP contribution in [0.3, 0.4) is 0 Å². The van der Waals surface area contributed by atoms with E-state index in [2.05, 4.69) is 5.32 Å². The zero-order valence-corrected chi connectivity index (χ0v) is 13.1. The Bertz CT molecular complexity index is 595. The fraction of sp³-hybridized carbons (Fsp3) is 0.538. The van der Waals surface area contributed by atoms with E-state index in [0.717, 1.165) is 6.07 Å². The number of alkyl halides is 3. The second-order valence-electron chi connectivity index (χ2n) is 5.91. The molecule has 0 radical (unpaired) electrons. The molecule has 0 saturated heterocycles. The van der Waals surface area contributed by atoms with Gasteiger partial charge in [0.05, 0.1) is 26.6 Å². The molecule has 0 spiro atoms. The summed E-state index contributed by atoms with van der Waals surface area (Å²) < 4.78 is 38.4. The molecule has 1 aromatic rings. The molecule has 0 bridgehead atoms. The Balaban J connectivity index is 3.44. The Hall–Kier alpha value is -1.54. The van der Waals surface area contributed by atoms with Gasteiger partial charge < -0.3 is 10.4 Å². The number of anilines is 1. The molecule has 0 aliphatic rings. The number of halogens is 4. The van der Waals surface area contributed by atoms with Crippen LogP contribution in [0.1, 0.15) is 33.3 Å². The predicted octanol–water partition coefficient (Wildman–Crippen LogP) is 4.23. The Morgan fingerprint density at radius 1 is 1.23 bits per heavy atom. The SMILES string of the molecule is CC(C)(O)C(C)(C)Nc1cc(Cl)c(C(F)(F)F)cc1[N+](=O)[O-]. The molecule has 0 saturated carbocycles. The highest BCUT2D eigenvalue weighted by Crippen LogP contribution is 2.41. The first-order chi connectivity index (χ1) is 9.67. The van der Waals surface area contributed by atoms with Crippen molar-refractivity contribution in [2.75, 3.05) is 5.32 Å². The van der Waals surface area contributed by atoms with Crippen LogP contribution in [0.25, 0.3) is 0 Å². The van der Waals surface area contributed by atoms with Crippen LogP contribution in [0.5, 0.6) is 0 Å². The normalized spacial score (nSPS) is 13.1. The van der Waals surface area contributed by atoms with Gasteiger partial charge in [-0.15, -0.1) is 0 Å². The molecule has 9 heteroatoms. The van der Waals surface area contributed by atoms with Crippen molar-refractivity contribution in [1.82, 2.24) is 0 Å². The lowest BCUT2D eigenvalue weighted by molar-refractivity contribution is -0.384. The molecule has 0 amide bonds. The monoisotopic (exact) mass is 340 g/mol. The van der Waals surface area contributed by atoms with Crippen LogP contribution in [0.2, 0.25) is 5.02 Å². The molecule has 124 valence electrons. The van der Waals surface area contributed by atoms with E-state index in [0.29, 0.717) is 6.07 Å². The third-order valence-corrected chi connectivity index (χ3v) is 3.88. The molecule has 0 atom stereocenters. The minimum atomic E-state index is -4.80. The predicted molar refractivity (Wildman–Crippen MR) is 77.1 cm³/mol. The molecular weight excluding hydrogens is 325 g/mol. The van der Waals surface area contributed by atoms with Crippen LogP contribution in [-0.4, -0.2) is 21.2 Å². The zero-order valence-electron chi connectivity index (χ0n) is 12.4. The van der Waals surface area contributed by atoms with E-state index in [1.807, 2.05) is 0 Å². The van der Waals surface area contributed by atoms with Crippen LogP contribution in [0.4, 0.5) is 24.5 Å². The quantitative estimate of drug-likeness (QED) is 0.635. The molecule has 1 rings (SSSR count). The van der Waals surface area contributed by atoms with Crippen molar-refractivity contribution in [2.45, 2.75) is 45.0 Å². The summed E-state index contributed by atoms with van der Waals surface area (Å²) in [5, 5.41) is 23.1. The van der Waals surface area contributed by atoms with Gasteiger partial charge in [-0.3, -0.25) is 10.1 Å². The number of nitro groups is 1. The summed E-state index contributed by atoms with van der Waals surface area (Å²) in [6, 6.07) is 1.22. The summed E-state index contributed by atoms with van der Waals surface area (Å²) in [4.78, 5) is 10.1. The molecular formula is C13H16ClF3N2O3. The topological polar surface area (TPSA) is 75.4 Å². The van der Waals surface area contributed by atoms with Gasteiger partial charge in [-0.05, 0) is 33.8 Å². The van der Waals surface area contributed by atoms with E-state index in [1.165, 1.54) is 13.8 Å². The molecule has 0 heterocycles. The molecule has 22 heavy (non-hydrogen) atoms. The van der Waals surface area contributed by atoms with Crippen molar-refractivity contribution in [1.29, 1.82) is 0 Å². The minimum Gasteiger partial charge on any atom is -0.388 e. The molecule has 0 fully saturated rings. The molecule has 2 N–H and O–H groups in total. The van der Waals surface area contributed by atoms with Crippen molar-refractivity contribution in [2.24, 2.45) is 0 Å². The number of nitro benzene ring substituents is 1. The number of rotatable bonds is 4. The zero-order chi connectivity index (χ0) is 17.5. The van der Waals surface area contributed by atoms with Gasteiger partial charge in [0.1, 0.15) is 5.69 Å². The van der Waals surface area contributed by atoms with E-state index in [4.69, 9.17) is 11.6 Å². The number of hydrogen-bond acceptors (Lipinski definition) is 4. The number of hydrogen-bond donors (Lipinski definition) is 2. The van der Waals surface area contributed by atoms with Crippen LogP contribution in [0, 0.1) is 10.1 Å². The van der Waals surface area contributed by atoms with Gasteiger partial charge in [-0.25, -0.2) is 0 Å². The number of aliphatic hydroxyl groups is 1. The molecule has 0 aromatic heterocycles. The average Bonchev–Trinajstić information content (AvgIpc) is 2.24. The number of benzene rings is 1. The van der Waals surface area contributed by atoms with E-state index < -0.39 is 38.5 Å². The maximum Gasteiger partial charge on any atom is 0.418 e. The van der Waals surface area contributed by atoms with Crippen molar-refractivity contribution in [3.05, 3.63) is 32.8 Å². The summed E-state index contributed by atoms with van der Waals surface area (Å²) in [6.45, 7) is 6.06. The Kier molecular flexibility index (Phi) is 4.70. The van der Waals surface area contributed by atoms with Crippen molar-refractivity contribution < 1.29 is 23.2 Å². The Labute approximate surface area is 130 Å². The average molecular weight is 341 g/mol. The van der Waals surface area contributed by atoms with E-state index in [9.17, 15) is 28.4 Å². The third kappa shape index (κ3) is 3.80. The van der Waals surface area contributed by atoms with E-state index >= 15 is 0 Å². The summed E-state index contributed by atoms with van der Waals surface area (Å²) >= 11 is 5.59. The van der Waals surface area contributed by atoms with Crippen molar-refractivity contribution in [3.8, 4) is 0 Å². The summed E-state index contributed by atoms with van der Waals surface area (Å²) in [5.74, 6) is 0. The van der Waals surface area contributed by atoms with Crippen LogP contribution >= 0.6 is 11.6 Å².